The highest BCUT2D eigenvalue weighted by molar-refractivity contribution is 6.84. The van der Waals surface area contributed by atoms with Crippen molar-refractivity contribution in [1.29, 1.82) is 0 Å². The van der Waals surface area contributed by atoms with Crippen molar-refractivity contribution >= 4 is 25.7 Å². The zero-order chi connectivity index (χ0) is 26.5. The van der Waals surface area contributed by atoms with Crippen LogP contribution in [0.5, 0.6) is 11.5 Å². The number of para-hydroxylation sites is 2. The number of benzene rings is 4. The monoisotopic (exact) mass is 544 g/mol. The van der Waals surface area contributed by atoms with Crippen LogP contribution in [0.2, 0.25) is 39.3 Å². The Bertz CT molecular complexity index is 1210. The first-order chi connectivity index (χ1) is 17.5. The molecule has 0 N–H and O–H groups in total. The second-order valence-corrected chi connectivity index (χ2v) is 20.8. The van der Waals surface area contributed by atoms with Gasteiger partial charge in [0, 0.05) is 11.1 Å². The maximum atomic E-state index is 6.70. The van der Waals surface area contributed by atoms with Gasteiger partial charge in [-0.15, -0.1) is 0 Å². The van der Waals surface area contributed by atoms with Crippen molar-refractivity contribution in [3.05, 3.63) is 109 Å². The Kier molecular flexibility index (Phi) is 8.20. The molecule has 4 rings (SSSR count). The van der Waals surface area contributed by atoms with Crippen molar-refractivity contribution in [2.24, 2.45) is 0 Å². The molecule has 0 radical (unpaired) electrons. The van der Waals surface area contributed by atoms with Gasteiger partial charge in [0.25, 0.3) is 0 Å². The molecule has 0 amide bonds. The van der Waals surface area contributed by atoms with Crippen molar-refractivity contribution < 1.29 is 17.1 Å². The molecule has 4 nitrogen and oxygen atoms in total. The minimum Gasteiger partial charge on any atom is -0.520 e. The van der Waals surface area contributed by atoms with E-state index in [-0.39, 0.29) is 0 Å². The maximum absolute atomic E-state index is 6.70. The third-order valence-electron chi connectivity index (χ3n) is 5.64. The Morgan fingerprint density at radius 3 is 1.08 bits per heavy atom. The first-order valence-electron chi connectivity index (χ1n) is 12.6. The van der Waals surface area contributed by atoms with Crippen LogP contribution in [0, 0.1) is 0 Å². The van der Waals surface area contributed by atoms with Gasteiger partial charge in [-0.2, -0.15) is 0 Å². The number of hydrogen-bond acceptors (Lipinski definition) is 4. The van der Waals surface area contributed by atoms with Gasteiger partial charge >= 0.3 is 25.7 Å². The lowest BCUT2D eigenvalue weighted by atomic mass is 10.1. The van der Waals surface area contributed by atoms with E-state index in [4.69, 9.17) is 17.1 Å². The van der Waals surface area contributed by atoms with Crippen molar-refractivity contribution in [3.63, 3.8) is 0 Å². The van der Waals surface area contributed by atoms with Crippen LogP contribution >= 0.6 is 0 Å². The summed E-state index contributed by atoms with van der Waals surface area (Å²) in [5.41, 5.74) is 4.36. The van der Waals surface area contributed by atoms with Crippen LogP contribution in [-0.4, -0.2) is 25.7 Å². The molecular formula is C30H36O4Si3. The van der Waals surface area contributed by atoms with Crippen LogP contribution in [0.25, 0.3) is 22.3 Å². The molecule has 4 aromatic rings. The molecule has 7 heteroatoms. The Balaban J connectivity index is 1.48. The molecule has 4 aromatic carbocycles. The Morgan fingerprint density at radius 2 is 0.703 bits per heavy atom. The van der Waals surface area contributed by atoms with Crippen molar-refractivity contribution in [2.45, 2.75) is 39.3 Å². The van der Waals surface area contributed by atoms with Gasteiger partial charge in [0.2, 0.25) is 0 Å². The molecule has 0 fully saturated rings. The molecule has 0 saturated carbocycles. The second-order valence-electron chi connectivity index (χ2n) is 10.3. The molecular weight excluding hydrogens is 509 g/mol. The fraction of sp³-hybridized carbons (Fsp3) is 0.200. The summed E-state index contributed by atoms with van der Waals surface area (Å²) >= 11 is 0. The average Bonchev–Trinajstić information content (AvgIpc) is 2.84. The molecule has 0 bridgehead atoms. The standard InChI is InChI=1S/C30H36O4Si3/c1-35(2,31-29-23-15-13-21-27(29)25-17-9-7-10-18-25)33-37(5,6)34-36(3,4)32-30-24-16-14-22-28(30)26-19-11-8-12-20-26/h7-24H,1-6H3. The molecule has 0 aliphatic carbocycles. The highest BCUT2D eigenvalue weighted by Gasteiger charge is 2.44. The largest absolute Gasteiger partial charge is 0.520 e. The van der Waals surface area contributed by atoms with E-state index in [0.29, 0.717) is 0 Å². The van der Waals surface area contributed by atoms with E-state index in [2.05, 4.69) is 75.7 Å². The highest BCUT2D eigenvalue weighted by Crippen LogP contribution is 2.34. The summed E-state index contributed by atoms with van der Waals surface area (Å²) in [7, 11) is -7.79. The van der Waals surface area contributed by atoms with Gasteiger partial charge in [-0.3, -0.25) is 0 Å². The molecule has 0 spiro atoms. The number of hydrogen-bond donors (Lipinski definition) is 0. The zero-order valence-corrected chi connectivity index (χ0v) is 25.5. The summed E-state index contributed by atoms with van der Waals surface area (Å²) in [5, 5.41) is 0. The van der Waals surface area contributed by atoms with Crippen LogP contribution in [-0.2, 0) is 8.23 Å². The lowest BCUT2D eigenvalue weighted by molar-refractivity contribution is 0.302. The summed E-state index contributed by atoms with van der Waals surface area (Å²) in [6.07, 6.45) is 0. The summed E-state index contributed by atoms with van der Waals surface area (Å²) in [6.45, 7) is 12.5. The van der Waals surface area contributed by atoms with Gasteiger partial charge in [-0.1, -0.05) is 97.1 Å². The SMILES string of the molecule is C[Si](C)(Oc1ccccc1-c1ccccc1)O[Si](C)(C)O[Si](C)(C)Oc1ccccc1-c1ccccc1. The molecule has 0 aromatic heterocycles. The lowest BCUT2D eigenvalue weighted by Gasteiger charge is -2.38. The maximum Gasteiger partial charge on any atom is 0.383 e. The molecule has 192 valence electrons. The third kappa shape index (κ3) is 7.53. The van der Waals surface area contributed by atoms with Crippen LogP contribution < -0.4 is 8.85 Å². The molecule has 0 aliphatic rings. The van der Waals surface area contributed by atoms with Gasteiger partial charge in [0.05, 0.1) is 0 Å². The quantitative estimate of drug-likeness (QED) is 0.187. The molecule has 37 heavy (non-hydrogen) atoms. The molecule has 0 unspecified atom stereocenters. The zero-order valence-electron chi connectivity index (χ0n) is 22.5. The first kappa shape index (κ1) is 27.1. The van der Waals surface area contributed by atoms with Crippen molar-refractivity contribution in [2.75, 3.05) is 0 Å². The normalized spacial score (nSPS) is 12.3. The molecule has 0 aliphatic heterocycles. The first-order valence-corrected chi connectivity index (χ1v) is 21.1. The van der Waals surface area contributed by atoms with E-state index in [9.17, 15) is 0 Å². The van der Waals surface area contributed by atoms with Crippen LogP contribution in [0.3, 0.4) is 0 Å². The van der Waals surface area contributed by atoms with Crippen molar-refractivity contribution in [3.8, 4) is 33.8 Å². The predicted molar refractivity (Wildman–Crippen MR) is 160 cm³/mol. The van der Waals surface area contributed by atoms with Crippen molar-refractivity contribution in [1.82, 2.24) is 0 Å². The van der Waals surface area contributed by atoms with E-state index >= 15 is 0 Å². The third-order valence-corrected chi connectivity index (χ3v) is 14.9. The Hall–Kier alpha value is -2.95. The van der Waals surface area contributed by atoms with Gasteiger partial charge < -0.3 is 17.1 Å². The van der Waals surface area contributed by atoms with Crippen LogP contribution in [0.1, 0.15) is 0 Å². The Labute approximate surface area is 224 Å². The summed E-state index contributed by atoms with van der Waals surface area (Å²) in [5.74, 6) is 1.67. The average molecular weight is 545 g/mol. The van der Waals surface area contributed by atoms with Crippen LogP contribution in [0.15, 0.2) is 109 Å². The molecule has 0 saturated heterocycles. The van der Waals surface area contributed by atoms with E-state index in [1.165, 1.54) is 0 Å². The van der Waals surface area contributed by atoms with Gasteiger partial charge in [-0.05, 0) is 62.5 Å². The summed E-state index contributed by atoms with van der Waals surface area (Å²) < 4.78 is 26.6. The van der Waals surface area contributed by atoms with E-state index in [1.54, 1.807) is 0 Å². The highest BCUT2D eigenvalue weighted by atomic mass is 28.5. The van der Waals surface area contributed by atoms with E-state index in [1.807, 2.05) is 72.8 Å². The van der Waals surface area contributed by atoms with Gasteiger partial charge in [0.1, 0.15) is 11.5 Å². The van der Waals surface area contributed by atoms with Gasteiger partial charge in [0.15, 0.2) is 0 Å². The minimum atomic E-state index is -2.60. The summed E-state index contributed by atoms with van der Waals surface area (Å²) in [6, 6.07) is 36.8. The van der Waals surface area contributed by atoms with Crippen LogP contribution in [0.4, 0.5) is 0 Å². The fourth-order valence-electron chi connectivity index (χ4n) is 4.60. The summed E-state index contributed by atoms with van der Waals surface area (Å²) in [4.78, 5) is 0. The van der Waals surface area contributed by atoms with Gasteiger partial charge in [-0.25, -0.2) is 0 Å². The predicted octanol–water partition coefficient (Wildman–Crippen LogP) is 8.62. The smallest absolute Gasteiger partial charge is 0.383 e. The lowest BCUT2D eigenvalue weighted by Crippen LogP contribution is -2.56. The van der Waals surface area contributed by atoms with E-state index in [0.717, 1.165) is 33.8 Å². The topological polar surface area (TPSA) is 36.9 Å². The molecule has 0 heterocycles. The Morgan fingerprint density at radius 1 is 0.378 bits per heavy atom. The minimum absolute atomic E-state index is 0.833. The second kappa shape index (κ2) is 11.2. The molecule has 0 atom stereocenters. The van der Waals surface area contributed by atoms with E-state index < -0.39 is 25.7 Å². The fourth-order valence-corrected chi connectivity index (χ4v) is 16.4. The number of rotatable bonds is 10.